The van der Waals surface area contributed by atoms with Gasteiger partial charge < -0.3 is 0 Å². The Morgan fingerprint density at radius 1 is 1.47 bits per heavy atom. The van der Waals surface area contributed by atoms with Crippen molar-refractivity contribution in [2.24, 2.45) is 0 Å². The van der Waals surface area contributed by atoms with Crippen molar-refractivity contribution in [1.82, 2.24) is 9.19 Å². The van der Waals surface area contributed by atoms with E-state index in [1.54, 1.807) is 6.07 Å². The van der Waals surface area contributed by atoms with Crippen LogP contribution in [-0.4, -0.2) is 23.9 Å². The minimum atomic E-state index is -0.389. The third-order valence-electron chi connectivity index (χ3n) is 3.18. The first-order valence-electron chi connectivity index (χ1n) is 5.46. The van der Waals surface area contributed by atoms with Crippen molar-refractivity contribution in [2.75, 3.05) is 0 Å². The van der Waals surface area contributed by atoms with E-state index >= 15 is 0 Å². The second kappa shape index (κ2) is 3.65. The molecule has 1 aliphatic heterocycles. The molecule has 3 rings (SSSR count). The van der Waals surface area contributed by atoms with Gasteiger partial charge in [-0.2, -0.15) is 0 Å². The Morgan fingerprint density at radius 3 is 3.06 bits per heavy atom. The summed E-state index contributed by atoms with van der Waals surface area (Å²) in [5.74, 6) is 0.288. The molecule has 0 amide bonds. The number of hydrogen-bond donors (Lipinski definition) is 0. The zero-order valence-electron chi connectivity index (χ0n) is 9.53. The molecule has 1 aromatic carbocycles. The normalized spacial score (nSPS) is 21.6. The Labute approximate surface area is 105 Å². The number of benzene rings is 1. The van der Waals surface area contributed by atoms with Crippen LogP contribution in [0.4, 0.5) is 4.39 Å². The summed E-state index contributed by atoms with van der Waals surface area (Å²) in [7, 11) is 0. The van der Waals surface area contributed by atoms with E-state index in [2.05, 4.69) is 16.1 Å². The zero-order valence-corrected chi connectivity index (χ0v) is 11.2. The van der Waals surface area contributed by atoms with E-state index in [1.165, 1.54) is 12.1 Å². The van der Waals surface area contributed by atoms with E-state index in [0.717, 1.165) is 22.1 Å². The molecule has 0 aliphatic carbocycles. The number of aromatic nitrogens is 2. The van der Waals surface area contributed by atoms with Crippen molar-refractivity contribution >= 4 is 14.7 Å². The summed E-state index contributed by atoms with van der Waals surface area (Å²) in [6.45, 7) is 4.08. The van der Waals surface area contributed by atoms with Crippen LogP contribution in [-0.2, 0) is 5.60 Å². The van der Waals surface area contributed by atoms with Gasteiger partial charge in [-0.15, -0.1) is 0 Å². The molecule has 0 bridgehead atoms. The van der Waals surface area contributed by atoms with Gasteiger partial charge in [-0.1, -0.05) is 0 Å². The third-order valence-corrected chi connectivity index (χ3v) is 5.21. The van der Waals surface area contributed by atoms with E-state index < -0.39 is 0 Å². The molecule has 3 nitrogen and oxygen atoms in total. The number of halogens is 1. The van der Waals surface area contributed by atoms with Crippen molar-refractivity contribution in [3.8, 4) is 17.0 Å². The minimum absolute atomic E-state index is 0.00612. The molecule has 2 heterocycles. The fraction of sp³-hybridized carbons (Fsp3) is 0.333. The molecule has 2 aromatic rings. The van der Waals surface area contributed by atoms with Gasteiger partial charge in [-0.3, -0.25) is 0 Å². The predicted molar refractivity (Wildman–Crippen MR) is 62.6 cm³/mol. The summed E-state index contributed by atoms with van der Waals surface area (Å²) in [6, 6.07) is 4.58. The molecule has 1 aliphatic rings. The Hall–Kier alpha value is -1.19. The van der Waals surface area contributed by atoms with Gasteiger partial charge in [0.05, 0.1) is 0 Å². The van der Waals surface area contributed by atoms with Crippen LogP contribution in [0.2, 0.25) is 0 Å². The van der Waals surface area contributed by atoms with Gasteiger partial charge in [0, 0.05) is 0 Å². The molecule has 1 aromatic heterocycles. The molecular formula is C12H11FN2OSe. The van der Waals surface area contributed by atoms with Crippen LogP contribution >= 0.6 is 0 Å². The molecule has 0 saturated heterocycles. The second-order valence-electron chi connectivity index (χ2n) is 4.28. The Morgan fingerprint density at radius 2 is 2.29 bits per heavy atom. The van der Waals surface area contributed by atoms with Gasteiger partial charge in [0.2, 0.25) is 0 Å². The van der Waals surface area contributed by atoms with Gasteiger partial charge in [-0.25, -0.2) is 0 Å². The van der Waals surface area contributed by atoms with Crippen LogP contribution in [0.1, 0.15) is 24.7 Å². The van der Waals surface area contributed by atoms with Crippen molar-refractivity contribution in [3.05, 3.63) is 28.5 Å². The first-order valence-corrected chi connectivity index (χ1v) is 7.08. The van der Waals surface area contributed by atoms with Crippen LogP contribution in [0, 0.1) is 5.82 Å². The van der Waals surface area contributed by atoms with E-state index in [-0.39, 0.29) is 26.2 Å². The van der Waals surface area contributed by atoms with Gasteiger partial charge in [0.25, 0.3) is 0 Å². The quantitative estimate of drug-likeness (QED) is 0.758. The average Bonchev–Trinajstić information content (AvgIpc) is 2.79. The summed E-state index contributed by atoms with van der Waals surface area (Å²) >= 11 is 0.00612. The fourth-order valence-corrected chi connectivity index (χ4v) is 3.73. The SMILES string of the molecule is CCC1(C)Oc2cc(F)ccc2-c2nn[se]c21. The van der Waals surface area contributed by atoms with Crippen LogP contribution < -0.4 is 4.74 Å². The van der Waals surface area contributed by atoms with Crippen LogP contribution in [0.15, 0.2) is 18.2 Å². The standard InChI is InChI=1S/C12H11FN2OSe/c1-3-12(2)11-10(14-15-17-11)8-5-4-7(13)6-9(8)16-12/h4-6H,3H2,1-2H3. The maximum atomic E-state index is 13.2. The molecule has 0 spiro atoms. The van der Waals surface area contributed by atoms with Crippen molar-refractivity contribution in [1.29, 1.82) is 0 Å². The van der Waals surface area contributed by atoms with Gasteiger partial charge in [0.1, 0.15) is 0 Å². The molecule has 0 N–H and O–H groups in total. The van der Waals surface area contributed by atoms with Crippen LogP contribution in [0.3, 0.4) is 0 Å². The number of hydrogen-bond acceptors (Lipinski definition) is 3. The second-order valence-corrected chi connectivity index (χ2v) is 5.86. The summed E-state index contributed by atoms with van der Waals surface area (Å²) in [5.41, 5.74) is 1.35. The Kier molecular flexibility index (Phi) is 2.35. The first kappa shape index (κ1) is 10.9. The van der Waals surface area contributed by atoms with Gasteiger partial charge in [0.15, 0.2) is 0 Å². The molecule has 0 fully saturated rings. The fourth-order valence-electron chi connectivity index (χ4n) is 2.01. The molecule has 1 atom stereocenters. The summed E-state index contributed by atoms with van der Waals surface area (Å²) in [4.78, 5) is 0. The van der Waals surface area contributed by atoms with Crippen LogP contribution in [0.25, 0.3) is 11.3 Å². The molecule has 17 heavy (non-hydrogen) atoms. The zero-order chi connectivity index (χ0) is 12.0. The first-order chi connectivity index (χ1) is 8.14. The molecular weight excluding hydrogens is 286 g/mol. The third kappa shape index (κ3) is 1.53. The number of fused-ring (bicyclic) bond motifs is 3. The molecule has 0 radical (unpaired) electrons. The number of ether oxygens (including phenoxy) is 1. The van der Waals surface area contributed by atoms with Gasteiger partial charge >= 0.3 is 104 Å². The van der Waals surface area contributed by atoms with E-state index in [0.29, 0.717) is 5.75 Å². The molecule has 0 saturated carbocycles. The monoisotopic (exact) mass is 298 g/mol. The number of rotatable bonds is 1. The van der Waals surface area contributed by atoms with Crippen molar-refractivity contribution < 1.29 is 9.13 Å². The van der Waals surface area contributed by atoms with E-state index in [1.807, 2.05) is 6.92 Å². The molecule has 1 unspecified atom stereocenters. The Balaban J connectivity index is 2.26. The van der Waals surface area contributed by atoms with Crippen molar-refractivity contribution in [3.63, 3.8) is 0 Å². The van der Waals surface area contributed by atoms with Crippen LogP contribution in [0.5, 0.6) is 5.75 Å². The summed E-state index contributed by atoms with van der Waals surface area (Å²) in [6.07, 6.45) is 0.828. The topological polar surface area (TPSA) is 35.0 Å². The van der Waals surface area contributed by atoms with E-state index in [9.17, 15) is 4.39 Å². The van der Waals surface area contributed by atoms with Crippen molar-refractivity contribution in [2.45, 2.75) is 25.9 Å². The predicted octanol–water partition coefficient (Wildman–Crippen LogP) is 2.36. The number of nitrogens with zero attached hydrogens (tertiary/aromatic N) is 2. The summed E-state index contributed by atoms with van der Waals surface area (Å²) in [5, 5.41) is 4.20. The summed E-state index contributed by atoms with van der Waals surface area (Å²) < 4.78 is 24.5. The van der Waals surface area contributed by atoms with Gasteiger partial charge in [-0.05, 0) is 0 Å². The maximum absolute atomic E-state index is 13.2. The average molecular weight is 297 g/mol. The molecule has 5 heteroatoms. The Bertz CT molecular complexity index is 584. The van der Waals surface area contributed by atoms with E-state index in [4.69, 9.17) is 4.74 Å². The molecule has 88 valence electrons.